The minimum Gasteiger partial charge on any atom is -0.388 e. The van der Waals surface area contributed by atoms with Gasteiger partial charge in [-0.05, 0) is 52.5 Å². The summed E-state index contributed by atoms with van der Waals surface area (Å²) in [6, 6.07) is 7.16. The lowest BCUT2D eigenvalue weighted by Crippen LogP contribution is -2.42. The molecule has 1 aliphatic heterocycles. The monoisotopic (exact) mass is 280 g/mol. The Kier molecular flexibility index (Phi) is 5.52. The summed E-state index contributed by atoms with van der Waals surface area (Å²) in [5.41, 5.74) is 0.413. The van der Waals surface area contributed by atoms with E-state index >= 15 is 0 Å². The van der Waals surface area contributed by atoms with Crippen molar-refractivity contribution >= 4 is 0 Å². The zero-order chi connectivity index (χ0) is 14.5. The van der Waals surface area contributed by atoms with Crippen LogP contribution in [0.3, 0.4) is 0 Å². The van der Waals surface area contributed by atoms with E-state index in [-0.39, 0.29) is 5.82 Å². The van der Waals surface area contributed by atoms with Gasteiger partial charge in [0.2, 0.25) is 0 Å². The van der Waals surface area contributed by atoms with E-state index in [0.717, 1.165) is 19.6 Å². The van der Waals surface area contributed by atoms with Crippen LogP contribution < -0.4 is 0 Å². The number of hydrogen-bond acceptors (Lipinski definition) is 3. The van der Waals surface area contributed by atoms with Gasteiger partial charge in [-0.25, -0.2) is 4.39 Å². The molecular formula is C16H25FN2O. The number of aliphatic hydroxyl groups is 1. The number of piperidine rings is 1. The van der Waals surface area contributed by atoms with Gasteiger partial charge in [-0.3, -0.25) is 0 Å². The molecule has 112 valence electrons. The summed E-state index contributed by atoms with van der Waals surface area (Å²) >= 11 is 0. The largest absolute Gasteiger partial charge is 0.388 e. The summed E-state index contributed by atoms with van der Waals surface area (Å²) in [5.74, 6) is -0.314. The Morgan fingerprint density at radius 3 is 2.55 bits per heavy atom. The molecule has 0 spiro atoms. The van der Waals surface area contributed by atoms with Gasteiger partial charge in [0.15, 0.2) is 0 Å². The molecule has 1 fully saturated rings. The Balaban J connectivity index is 1.78. The maximum Gasteiger partial charge on any atom is 0.128 e. The van der Waals surface area contributed by atoms with Gasteiger partial charge in [0, 0.05) is 18.2 Å². The second-order valence-electron chi connectivity index (χ2n) is 5.86. The molecule has 1 atom stereocenters. The van der Waals surface area contributed by atoms with Crippen LogP contribution >= 0.6 is 0 Å². The standard InChI is InChI=1S/C16H25FN2O/c1-18(2)13-7-10-19(11-8-13)12-9-16(20)14-5-3-4-6-15(14)17/h3-6,13,16,20H,7-12H2,1-2H3. The van der Waals surface area contributed by atoms with Crippen molar-refractivity contribution in [1.29, 1.82) is 0 Å². The number of aliphatic hydroxyl groups excluding tert-OH is 1. The molecule has 0 radical (unpaired) electrons. The van der Waals surface area contributed by atoms with Crippen LogP contribution in [0.25, 0.3) is 0 Å². The highest BCUT2D eigenvalue weighted by Gasteiger charge is 2.21. The number of halogens is 1. The van der Waals surface area contributed by atoms with Crippen LogP contribution in [0.4, 0.5) is 4.39 Å². The van der Waals surface area contributed by atoms with Crippen molar-refractivity contribution in [3.8, 4) is 0 Å². The highest BCUT2D eigenvalue weighted by molar-refractivity contribution is 5.19. The van der Waals surface area contributed by atoms with Crippen molar-refractivity contribution in [1.82, 2.24) is 9.80 Å². The van der Waals surface area contributed by atoms with E-state index in [2.05, 4.69) is 23.9 Å². The molecule has 1 heterocycles. The quantitative estimate of drug-likeness (QED) is 0.896. The fourth-order valence-electron chi connectivity index (χ4n) is 2.87. The molecule has 0 saturated carbocycles. The topological polar surface area (TPSA) is 26.7 Å². The first kappa shape index (κ1) is 15.4. The molecule has 1 aromatic carbocycles. The minimum absolute atomic E-state index is 0.314. The molecule has 20 heavy (non-hydrogen) atoms. The van der Waals surface area contributed by atoms with Gasteiger partial charge in [-0.2, -0.15) is 0 Å². The lowest BCUT2D eigenvalue weighted by atomic mass is 10.0. The van der Waals surface area contributed by atoms with Crippen LogP contribution in [-0.4, -0.2) is 54.7 Å². The Morgan fingerprint density at radius 2 is 1.95 bits per heavy atom. The van der Waals surface area contributed by atoms with Crippen LogP contribution in [0.1, 0.15) is 30.9 Å². The predicted molar refractivity (Wildman–Crippen MR) is 79.1 cm³/mol. The zero-order valence-electron chi connectivity index (χ0n) is 12.4. The molecule has 1 N–H and O–H groups in total. The van der Waals surface area contributed by atoms with E-state index in [1.807, 2.05) is 0 Å². The van der Waals surface area contributed by atoms with E-state index < -0.39 is 6.10 Å². The van der Waals surface area contributed by atoms with E-state index in [0.29, 0.717) is 18.0 Å². The number of benzene rings is 1. The van der Waals surface area contributed by atoms with Crippen molar-refractivity contribution < 1.29 is 9.50 Å². The smallest absolute Gasteiger partial charge is 0.128 e. The highest BCUT2D eigenvalue weighted by Crippen LogP contribution is 2.21. The van der Waals surface area contributed by atoms with Gasteiger partial charge < -0.3 is 14.9 Å². The molecule has 1 aromatic rings. The summed E-state index contributed by atoms with van der Waals surface area (Å²) in [5, 5.41) is 10.1. The van der Waals surface area contributed by atoms with Crippen molar-refractivity contribution in [3.05, 3.63) is 35.6 Å². The molecule has 0 aromatic heterocycles. The lowest BCUT2D eigenvalue weighted by molar-refractivity contribution is 0.109. The first-order valence-electron chi connectivity index (χ1n) is 7.39. The first-order valence-corrected chi connectivity index (χ1v) is 7.39. The van der Waals surface area contributed by atoms with Crippen LogP contribution in [0.2, 0.25) is 0 Å². The molecule has 2 rings (SSSR count). The third-order valence-electron chi connectivity index (χ3n) is 4.27. The van der Waals surface area contributed by atoms with Crippen molar-refractivity contribution in [2.75, 3.05) is 33.7 Å². The molecule has 1 saturated heterocycles. The number of rotatable bonds is 5. The Hall–Kier alpha value is -0.970. The fourth-order valence-corrected chi connectivity index (χ4v) is 2.87. The average molecular weight is 280 g/mol. The second-order valence-corrected chi connectivity index (χ2v) is 5.86. The molecule has 0 amide bonds. The number of hydrogen-bond donors (Lipinski definition) is 1. The second kappa shape index (κ2) is 7.16. The average Bonchev–Trinajstić information content (AvgIpc) is 2.45. The van der Waals surface area contributed by atoms with Gasteiger partial charge in [-0.15, -0.1) is 0 Å². The van der Waals surface area contributed by atoms with Crippen molar-refractivity contribution in [2.45, 2.75) is 31.4 Å². The summed E-state index contributed by atoms with van der Waals surface area (Å²) in [7, 11) is 4.25. The molecule has 0 bridgehead atoms. The van der Waals surface area contributed by atoms with Gasteiger partial charge in [0.05, 0.1) is 6.10 Å². The van der Waals surface area contributed by atoms with Gasteiger partial charge >= 0.3 is 0 Å². The Bertz CT molecular complexity index is 417. The van der Waals surface area contributed by atoms with E-state index in [1.165, 1.54) is 18.9 Å². The van der Waals surface area contributed by atoms with E-state index in [4.69, 9.17) is 0 Å². The molecule has 4 heteroatoms. The maximum atomic E-state index is 13.6. The highest BCUT2D eigenvalue weighted by atomic mass is 19.1. The van der Waals surface area contributed by atoms with Crippen LogP contribution in [0, 0.1) is 5.82 Å². The fraction of sp³-hybridized carbons (Fsp3) is 0.625. The minimum atomic E-state index is -0.706. The van der Waals surface area contributed by atoms with E-state index in [1.54, 1.807) is 18.2 Å². The van der Waals surface area contributed by atoms with Crippen molar-refractivity contribution in [3.63, 3.8) is 0 Å². The van der Waals surface area contributed by atoms with Gasteiger partial charge in [0.1, 0.15) is 5.82 Å². The third kappa shape index (κ3) is 4.01. The van der Waals surface area contributed by atoms with Crippen LogP contribution in [-0.2, 0) is 0 Å². The molecule has 1 unspecified atom stereocenters. The normalized spacial score (nSPS) is 19.4. The maximum absolute atomic E-state index is 13.6. The summed E-state index contributed by atoms with van der Waals surface area (Å²) < 4.78 is 13.6. The van der Waals surface area contributed by atoms with E-state index in [9.17, 15) is 9.50 Å². The summed E-state index contributed by atoms with van der Waals surface area (Å²) in [4.78, 5) is 4.65. The Labute approximate surface area is 121 Å². The Morgan fingerprint density at radius 1 is 1.30 bits per heavy atom. The first-order chi connectivity index (χ1) is 9.58. The molecule has 3 nitrogen and oxygen atoms in total. The molecular weight excluding hydrogens is 255 g/mol. The van der Waals surface area contributed by atoms with Crippen LogP contribution in [0.5, 0.6) is 0 Å². The third-order valence-corrected chi connectivity index (χ3v) is 4.27. The zero-order valence-corrected chi connectivity index (χ0v) is 12.4. The van der Waals surface area contributed by atoms with Gasteiger partial charge in [-0.1, -0.05) is 18.2 Å². The SMILES string of the molecule is CN(C)C1CCN(CCC(O)c2ccccc2F)CC1. The predicted octanol–water partition coefficient (Wildman–Crippen LogP) is 2.28. The van der Waals surface area contributed by atoms with Crippen molar-refractivity contribution in [2.24, 2.45) is 0 Å². The lowest BCUT2D eigenvalue weighted by Gasteiger charge is -2.35. The number of likely N-dealkylation sites (tertiary alicyclic amines) is 1. The van der Waals surface area contributed by atoms with Gasteiger partial charge in [0.25, 0.3) is 0 Å². The number of nitrogens with zero attached hydrogens (tertiary/aromatic N) is 2. The summed E-state index contributed by atoms with van der Waals surface area (Å²) in [6.45, 7) is 2.95. The summed E-state index contributed by atoms with van der Waals surface area (Å²) in [6.07, 6.45) is 2.22. The van der Waals surface area contributed by atoms with Crippen LogP contribution in [0.15, 0.2) is 24.3 Å². The molecule has 1 aliphatic rings. The molecule has 0 aliphatic carbocycles.